The Bertz CT molecular complexity index is 2420. The van der Waals surface area contributed by atoms with Gasteiger partial charge in [-0.1, -0.05) is 147 Å². The molecular formula is C52H49N3. The molecule has 5 aliphatic rings. The van der Waals surface area contributed by atoms with Crippen molar-refractivity contribution < 1.29 is 0 Å². The quantitative estimate of drug-likeness (QED) is 0.164. The Morgan fingerprint density at radius 2 is 1.56 bits per heavy atom. The molecule has 5 aromatic rings. The van der Waals surface area contributed by atoms with Gasteiger partial charge in [0.25, 0.3) is 0 Å². The van der Waals surface area contributed by atoms with E-state index in [1.165, 1.54) is 57.4 Å². The van der Waals surface area contributed by atoms with E-state index in [0.717, 1.165) is 67.0 Å². The van der Waals surface area contributed by atoms with E-state index in [2.05, 4.69) is 159 Å². The van der Waals surface area contributed by atoms with Crippen LogP contribution in [0, 0.1) is 11.8 Å². The summed E-state index contributed by atoms with van der Waals surface area (Å²) in [7, 11) is 0. The number of hydrogen-bond acceptors (Lipinski definition) is 3. The Balaban J connectivity index is 0.973. The van der Waals surface area contributed by atoms with E-state index in [1.54, 1.807) is 5.57 Å². The molecule has 0 bridgehead atoms. The third kappa shape index (κ3) is 6.28. The molecule has 4 unspecified atom stereocenters. The van der Waals surface area contributed by atoms with E-state index in [0.29, 0.717) is 23.7 Å². The van der Waals surface area contributed by atoms with E-state index >= 15 is 0 Å². The van der Waals surface area contributed by atoms with E-state index in [1.807, 2.05) is 0 Å². The van der Waals surface area contributed by atoms with E-state index < -0.39 is 0 Å². The van der Waals surface area contributed by atoms with Gasteiger partial charge >= 0.3 is 0 Å². The van der Waals surface area contributed by atoms with Crippen molar-refractivity contribution in [3.8, 4) is 33.8 Å². The minimum absolute atomic E-state index is 0.0973. The Labute approximate surface area is 326 Å². The maximum absolute atomic E-state index is 5.32. The molecule has 55 heavy (non-hydrogen) atoms. The molecule has 0 N–H and O–H groups in total. The van der Waals surface area contributed by atoms with Crippen LogP contribution >= 0.6 is 0 Å². The summed E-state index contributed by atoms with van der Waals surface area (Å²) >= 11 is 0. The molecule has 0 radical (unpaired) electrons. The number of benzene rings is 4. The summed E-state index contributed by atoms with van der Waals surface area (Å²) in [6.45, 7) is 5.79. The third-order valence-electron chi connectivity index (χ3n) is 13.3. The van der Waals surface area contributed by atoms with Crippen molar-refractivity contribution in [3.05, 3.63) is 167 Å². The lowest BCUT2D eigenvalue weighted by Gasteiger charge is -2.31. The highest BCUT2D eigenvalue weighted by Gasteiger charge is 2.44. The molecule has 0 saturated carbocycles. The van der Waals surface area contributed by atoms with Gasteiger partial charge in [0.05, 0.1) is 5.69 Å². The minimum Gasteiger partial charge on any atom is -0.297 e. The number of aliphatic imine (C=N–C) groups is 1. The number of rotatable bonds is 6. The Hall–Kier alpha value is -5.41. The summed E-state index contributed by atoms with van der Waals surface area (Å²) in [5.74, 6) is 2.59. The molecule has 3 heteroatoms. The van der Waals surface area contributed by atoms with Crippen LogP contribution in [0.1, 0.15) is 97.7 Å². The lowest BCUT2D eigenvalue weighted by Crippen LogP contribution is -2.25. The molecule has 2 heterocycles. The minimum atomic E-state index is 0.0973. The molecule has 0 saturated heterocycles. The van der Waals surface area contributed by atoms with Gasteiger partial charge in [-0.3, -0.25) is 4.99 Å². The first-order valence-corrected chi connectivity index (χ1v) is 20.6. The fourth-order valence-electron chi connectivity index (χ4n) is 10.1. The van der Waals surface area contributed by atoms with Gasteiger partial charge in [-0.2, -0.15) is 0 Å². The molecule has 10 rings (SSSR count). The van der Waals surface area contributed by atoms with Crippen LogP contribution in [0.2, 0.25) is 0 Å². The maximum Gasteiger partial charge on any atom is 0.160 e. The van der Waals surface area contributed by atoms with Gasteiger partial charge < -0.3 is 0 Å². The van der Waals surface area contributed by atoms with Crippen LogP contribution < -0.4 is 0 Å². The molecule has 0 amide bonds. The molecular weight excluding hydrogens is 667 g/mol. The summed E-state index contributed by atoms with van der Waals surface area (Å²) < 4.78 is 0. The van der Waals surface area contributed by atoms with Gasteiger partial charge in [-0.25, -0.2) is 9.97 Å². The van der Waals surface area contributed by atoms with E-state index in [-0.39, 0.29) is 5.41 Å². The first-order chi connectivity index (χ1) is 27.0. The lowest BCUT2D eigenvalue weighted by molar-refractivity contribution is 0.395. The summed E-state index contributed by atoms with van der Waals surface area (Å²) in [5.41, 5.74) is 16.9. The second kappa shape index (κ2) is 14.0. The molecule has 3 nitrogen and oxygen atoms in total. The summed E-state index contributed by atoms with van der Waals surface area (Å²) in [6.07, 6.45) is 24.4. The second-order valence-corrected chi connectivity index (χ2v) is 16.9. The highest BCUT2D eigenvalue weighted by molar-refractivity contribution is 5.79. The van der Waals surface area contributed by atoms with Gasteiger partial charge in [0.1, 0.15) is 0 Å². The number of fused-ring (bicyclic) bond motifs is 4. The van der Waals surface area contributed by atoms with Crippen LogP contribution in [0.5, 0.6) is 0 Å². The summed E-state index contributed by atoms with van der Waals surface area (Å²) in [4.78, 5) is 15.2. The predicted molar refractivity (Wildman–Crippen MR) is 229 cm³/mol. The standard InChI is InChI=1S/C52H49N3/c1-52(2)47-15-6-5-13-45(47)46-29-28-41(31-48(46)52)34-16-22-38(23-17-34)49-32-50(39-24-18-35(19-25-39)42-11-8-30-53-33-42)55-51(54-49)40-26-20-37(21-27-40)44-14-7-10-36-9-3-4-12-43(36)44/h3,5-7,9-10,13-18,20-23,26-29,31-33,39,42,46,48H,4,8,11-12,19,24-25,30H2,1-2H3. The normalized spacial score (nSPS) is 23.4. The van der Waals surface area contributed by atoms with Crippen LogP contribution in [0.25, 0.3) is 45.4 Å². The van der Waals surface area contributed by atoms with Crippen LogP contribution in [0.15, 0.2) is 138 Å². The van der Waals surface area contributed by atoms with Crippen molar-refractivity contribution in [2.24, 2.45) is 16.8 Å². The van der Waals surface area contributed by atoms with Crippen molar-refractivity contribution in [1.82, 2.24) is 9.97 Å². The molecule has 4 aliphatic carbocycles. The number of aromatic nitrogens is 2. The van der Waals surface area contributed by atoms with Crippen LogP contribution in [0.4, 0.5) is 0 Å². The average molecular weight is 716 g/mol. The lowest BCUT2D eigenvalue weighted by atomic mass is 9.73. The van der Waals surface area contributed by atoms with Crippen molar-refractivity contribution in [1.29, 1.82) is 0 Å². The van der Waals surface area contributed by atoms with Crippen LogP contribution in [0.3, 0.4) is 0 Å². The third-order valence-corrected chi connectivity index (χ3v) is 13.3. The summed E-state index contributed by atoms with van der Waals surface area (Å²) in [6, 6.07) is 36.0. The Morgan fingerprint density at radius 3 is 2.38 bits per heavy atom. The summed E-state index contributed by atoms with van der Waals surface area (Å²) in [5, 5.41) is 0. The highest BCUT2D eigenvalue weighted by atomic mass is 14.9. The van der Waals surface area contributed by atoms with Crippen LogP contribution in [-0.2, 0) is 11.8 Å². The molecule has 4 atom stereocenters. The molecule has 0 fully saturated rings. The highest BCUT2D eigenvalue weighted by Crippen LogP contribution is 2.54. The van der Waals surface area contributed by atoms with Gasteiger partial charge in [-0.15, -0.1) is 0 Å². The zero-order valence-corrected chi connectivity index (χ0v) is 32.1. The zero-order valence-electron chi connectivity index (χ0n) is 32.1. The van der Waals surface area contributed by atoms with Gasteiger partial charge in [0.2, 0.25) is 0 Å². The van der Waals surface area contributed by atoms with Gasteiger partial charge in [-0.05, 0) is 107 Å². The molecule has 1 aromatic heterocycles. The predicted octanol–water partition coefficient (Wildman–Crippen LogP) is 12.8. The monoisotopic (exact) mass is 715 g/mol. The van der Waals surface area contributed by atoms with Crippen molar-refractivity contribution >= 4 is 17.9 Å². The second-order valence-electron chi connectivity index (χ2n) is 16.9. The van der Waals surface area contributed by atoms with Crippen molar-refractivity contribution in [2.45, 2.75) is 76.0 Å². The maximum atomic E-state index is 5.32. The largest absolute Gasteiger partial charge is 0.297 e. The van der Waals surface area contributed by atoms with E-state index in [4.69, 9.17) is 9.97 Å². The molecule has 0 spiro atoms. The van der Waals surface area contributed by atoms with Crippen molar-refractivity contribution in [3.63, 3.8) is 0 Å². The number of hydrogen-bond donors (Lipinski definition) is 0. The topological polar surface area (TPSA) is 38.1 Å². The molecule has 4 aromatic carbocycles. The number of nitrogens with zero attached hydrogens (tertiary/aromatic N) is 3. The zero-order chi connectivity index (χ0) is 36.9. The fraction of sp³-hybridized carbons (Fsp3) is 0.288. The Morgan fingerprint density at radius 1 is 0.745 bits per heavy atom. The van der Waals surface area contributed by atoms with Gasteiger partial charge in [0, 0.05) is 47.3 Å². The smallest absolute Gasteiger partial charge is 0.160 e. The van der Waals surface area contributed by atoms with Crippen molar-refractivity contribution in [2.75, 3.05) is 6.54 Å². The number of allylic oxidation sites excluding steroid dienone is 7. The fourth-order valence-corrected chi connectivity index (χ4v) is 10.1. The molecule has 1 aliphatic heterocycles. The Kier molecular flexibility index (Phi) is 8.70. The first-order valence-electron chi connectivity index (χ1n) is 20.6. The SMILES string of the molecule is CC1(C)c2ccccc2C2C=CC(c3ccc(-c4cc(C5CC=C(C6C=NCCC6)CC5)nc(-c5ccc(-c6cccc7c6CCC=C7)cc5)n4)cc3)=CC21. The van der Waals surface area contributed by atoms with E-state index in [9.17, 15) is 0 Å². The average Bonchev–Trinajstić information content (AvgIpc) is 3.49. The van der Waals surface area contributed by atoms with Crippen LogP contribution in [-0.4, -0.2) is 22.7 Å². The first kappa shape index (κ1) is 34.1. The molecule has 272 valence electrons. The van der Waals surface area contributed by atoms with Gasteiger partial charge in [0.15, 0.2) is 5.82 Å².